The minimum atomic E-state index is -0.481. The molecule has 0 fully saturated rings. The van der Waals surface area contributed by atoms with E-state index in [0.29, 0.717) is 0 Å². The third-order valence-corrected chi connectivity index (χ3v) is 12.4. The molecule has 1 heteroatoms. The summed E-state index contributed by atoms with van der Waals surface area (Å²) in [4.78, 5) is 2.60. The van der Waals surface area contributed by atoms with Crippen molar-refractivity contribution in [1.29, 1.82) is 0 Å². The van der Waals surface area contributed by atoms with E-state index in [2.05, 4.69) is 170 Å². The fraction of sp³-hybridized carbons (Fsp3) is 0.192. The van der Waals surface area contributed by atoms with Crippen LogP contribution in [0.5, 0.6) is 0 Å². The number of hydrogen-bond acceptors (Lipinski definition) is 1. The highest BCUT2D eigenvalue weighted by atomic mass is 15.1. The molecule has 0 radical (unpaired) electrons. The molecule has 0 saturated carbocycles. The number of para-hydroxylation sites is 1. The summed E-state index contributed by atoms with van der Waals surface area (Å²) in [6.45, 7) is 2.33. The minimum absolute atomic E-state index is 0.481. The molecule has 1 nitrogen and oxygen atoms in total. The smallest absolute Gasteiger partial charge is 0.0714 e. The zero-order valence-electron chi connectivity index (χ0n) is 30.6. The molecule has 0 atom stereocenters. The molecule has 258 valence electrons. The standard InChI is InChI=1S/C52H45N/c1-36-32-38-19-11-12-20-39(38)33-50(36)53(42-26-9-4-10-27-42)51-35-49-46(34-47(51)44-30-17-21-37-18-13-14-28-43(37)44)45-29-15-16-31-48(45)52(49,40-22-5-2-6-23-40)41-24-7-3-8-25-41/h2-10,15-17,21-27,29-35H,11-14,18-20,28H2,1H3. The second-order valence-electron chi connectivity index (χ2n) is 15.4. The molecule has 7 aromatic carbocycles. The summed E-state index contributed by atoms with van der Waals surface area (Å²) in [5.74, 6) is 0. The first kappa shape index (κ1) is 32.0. The van der Waals surface area contributed by atoms with Gasteiger partial charge in [-0.05, 0) is 155 Å². The number of aryl methyl sites for hydroxylation is 4. The Kier molecular flexibility index (Phi) is 7.90. The van der Waals surface area contributed by atoms with Gasteiger partial charge in [-0.3, -0.25) is 0 Å². The lowest BCUT2D eigenvalue weighted by Gasteiger charge is -2.36. The van der Waals surface area contributed by atoms with Crippen LogP contribution in [0, 0.1) is 6.92 Å². The molecule has 0 N–H and O–H groups in total. The van der Waals surface area contributed by atoms with Gasteiger partial charge in [0.15, 0.2) is 0 Å². The Balaban J connectivity index is 1.35. The number of anilines is 3. The van der Waals surface area contributed by atoms with Gasteiger partial charge in [0.1, 0.15) is 0 Å². The normalized spacial score (nSPS) is 15.2. The summed E-state index contributed by atoms with van der Waals surface area (Å²) in [6.07, 6.45) is 9.65. The topological polar surface area (TPSA) is 3.24 Å². The van der Waals surface area contributed by atoms with Crippen molar-refractivity contribution in [3.8, 4) is 22.3 Å². The van der Waals surface area contributed by atoms with E-state index >= 15 is 0 Å². The summed E-state index contributed by atoms with van der Waals surface area (Å²) >= 11 is 0. The molecule has 53 heavy (non-hydrogen) atoms. The summed E-state index contributed by atoms with van der Waals surface area (Å²) < 4.78 is 0. The zero-order chi connectivity index (χ0) is 35.4. The van der Waals surface area contributed by atoms with Crippen molar-refractivity contribution >= 4 is 17.1 Å². The second-order valence-corrected chi connectivity index (χ2v) is 15.4. The van der Waals surface area contributed by atoms with Gasteiger partial charge in [0.05, 0.1) is 11.1 Å². The van der Waals surface area contributed by atoms with Gasteiger partial charge in [-0.2, -0.15) is 0 Å². The van der Waals surface area contributed by atoms with Crippen LogP contribution in [0.25, 0.3) is 22.3 Å². The number of hydrogen-bond donors (Lipinski definition) is 0. The Hall–Kier alpha value is -5.66. The molecule has 0 aromatic heterocycles. The van der Waals surface area contributed by atoms with Crippen molar-refractivity contribution in [3.05, 3.63) is 208 Å². The fourth-order valence-electron chi connectivity index (χ4n) is 10.0. The zero-order valence-corrected chi connectivity index (χ0v) is 30.6. The SMILES string of the molecule is Cc1cc2c(cc1N(c1ccccc1)c1cc3c(cc1-c1cccc4c1CCCC4)-c1ccccc1C3(c1ccccc1)c1ccccc1)CCCC2. The average molecular weight is 684 g/mol. The molecule has 0 unspecified atom stereocenters. The van der Waals surface area contributed by atoms with Crippen molar-refractivity contribution in [2.45, 2.75) is 63.7 Å². The maximum atomic E-state index is 2.60. The summed E-state index contributed by atoms with van der Waals surface area (Å²) in [6, 6.07) is 60.1. The van der Waals surface area contributed by atoms with Crippen LogP contribution in [0.1, 0.15) is 75.8 Å². The van der Waals surface area contributed by atoms with Gasteiger partial charge in [0.2, 0.25) is 0 Å². The first-order valence-corrected chi connectivity index (χ1v) is 19.7. The molecule has 7 aromatic rings. The van der Waals surface area contributed by atoms with Crippen LogP contribution in [0.3, 0.4) is 0 Å². The molecule has 0 saturated heterocycles. The Bertz CT molecular complexity index is 2420. The maximum Gasteiger partial charge on any atom is 0.0714 e. The van der Waals surface area contributed by atoms with Crippen LogP contribution in [0.2, 0.25) is 0 Å². The van der Waals surface area contributed by atoms with Crippen molar-refractivity contribution in [2.24, 2.45) is 0 Å². The predicted molar refractivity (Wildman–Crippen MR) is 222 cm³/mol. The number of fused-ring (bicyclic) bond motifs is 5. The van der Waals surface area contributed by atoms with Crippen LogP contribution in [-0.4, -0.2) is 0 Å². The largest absolute Gasteiger partial charge is 0.310 e. The van der Waals surface area contributed by atoms with Gasteiger partial charge >= 0.3 is 0 Å². The lowest BCUT2D eigenvalue weighted by atomic mass is 9.67. The van der Waals surface area contributed by atoms with E-state index in [1.165, 1.54) is 121 Å². The summed E-state index contributed by atoms with van der Waals surface area (Å²) in [5, 5.41) is 0. The van der Waals surface area contributed by atoms with Crippen molar-refractivity contribution in [2.75, 3.05) is 4.90 Å². The summed E-state index contributed by atoms with van der Waals surface area (Å²) in [5.41, 5.74) is 21.3. The van der Waals surface area contributed by atoms with Gasteiger partial charge in [-0.1, -0.05) is 127 Å². The van der Waals surface area contributed by atoms with E-state index in [1.807, 2.05) is 0 Å². The molecule has 0 aliphatic heterocycles. The second kappa shape index (κ2) is 13.1. The molecule has 0 amide bonds. The fourth-order valence-corrected chi connectivity index (χ4v) is 10.0. The van der Waals surface area contributed by atoms with Gasteiger partial charge in [0.25, 0.3) is 0 Å². The van der Waals surface area contributed by atoms with E-state index in [-0.39, 0.29) is 0 Å². The molecule has 3 aliphatic carbocycles. The third-order valence-electron chi connectivity index (χ3n) is 12.4. The van der Waals surface area contributed by atoms with Crippen molar-refractivity contribution in [3.63, 3.8) is 0 Å². The monoisotopic (exact) mass is 683 g/mol. The Morgan fingerprint density at radius 2 is 1.00 bits per heavy atom. The quantitative estimate of drug-likeness (QED) is 0.169. The molecular formula is C52H45N. The van der Waals surface area contributed by atoms with E-state index in [1.54, 1.807) is 0 Å². The Labute approximate surface area is 314 Å². The van der Waals surface area contributed by atoms with Gasteiger partial charge in [-0.15, -0.1) is 0 Å². The highest BCUT2D eigenvalue weighted by molar-refractivity contribution is 5.97. The average Bonchev–Trinajstić information content (AvgIpc) is 3.51. The van der Waals surface area contributed by atoms with E-state index in [0.717, 1.165) is 19.3 Å². The summed E-state index contributed by atoms with van der Waals surface area (Å²) in [7, 11) is 0. The molecule has 0 bridgehead atoms. The molecular weight excluding hydrogens is 639 g/mol. The molecule has 0 heterocycles. The predicted octanol–water partition coefficient (Wildman–Crippen LogP) is 13.3. The van der Waals surface area contributed by atoms with Crippen LogP contribution in [0.4, 0.5) is 17.1 Å². The first-order valence-electron chi connectivity index (χ1n) is 19.7. The van der Waals surface area contributed by atoms with E-state index in [4.69, 9.17) is 0 Å². The lowest BCUT2D eigenvalue weighted by molar-refractivity contribution is 0.685. The van der Waals surface area contributed by atoms with Crippen LogP contribution in [-0.2, 0) is 31.1 Å². The number of benzene rings is 7. The third kappa shape index (κ3) is 5.12. The highest BCUT2D eigenvalue weighted by Crippen LogP contribution is 2.59. The van der Waals surface area contributed by atoms with Crippen LogP contribution < -0.4 is 4.90 Å². The van der Waals surface area contributed by atoms with E-state index in [9.17, 15) is 0 Å². The van der Waals surface area contributed by atoms with Crippen LogP contribution in [0.15, 0.2) is 158 Å². The first-order chi connectivity index (χ1) is 26.2. The maximum absolute atomic E-state index is 2.60. The van der Waals surface area contributed by atoms with Crippen molar-refractivity contribution in [1.82, 2.24) is 0 Å². The van der Waals surface area contributed by atoms with E-state index < -0.39 is 5.41 Å². The molecule has 10 rings (SSSR count). The minimum Gasteiger partial charge on any atom is -0.310 e. The molecule has 3 aliphatic rings. The number of nitrogens with zero attached hydrogens (tertiary/aromatic N) is 1. The van der Waals surface area contributed by atoms with Gasteiger partial charge in [0, 0.05) is 16.9 Å². The Morgan fingerprint density at radius 3 is 1.72 bits per heavy atom. The number of rotatable bonds is 6. The molecule has 0 spiro atoms. The Morgan fingerprint density at radius 1 is 0.415 bits per heavy atom. The highest BCUT2D eigenvalue weighted by Gasteiger charge is 2.47. The van der Waals surface area contributed by atoms with Gasteiger partial charge in [-0.25, -0.2) is 0 Å². The lowest BCUT2D eigenvalue weighted by Crippen LogP contribution is -2.29. The van der Waals surface area contributed by atoms with Crippen molar-refractivity contribution < 1.29 is 0 Å². The van der Waals surface area contributed by atoms with Crippen LogP contribution >= 0.6 is 0 Å². The van der Waals surface area contributed by atoms with Gasteiger partial charge < -0.3 is 4.90 Å².